The van der Waals surface area contributed by atoms with Crippen molar-refractivity contribution in [1.82, 2.24) is 0 Å². The summed E-state index contributed by atoms with van der Waals surface area (Å²) in [6.45, 7) is 0. The van der Waals surface area contributed by atoms with Crippen LogP contribution in [-0.2, 0) is 4.79 Å². The quantitative estimate of drug-likeness (QED) is 0.323. The fourth-order valence-electron chi connectivity index (χ4n) is 4.17. The number of rotatable bonds is 5. The minimum atomic E-state index is -0.417. The Morgan fingerprint density at radius 1 is 0.970 bits per heavy atom. The molecule has 0 saturated carbocycles. The summed E-state index contributed by atoms with van der Waals surface area (Å²) in [4.78, 5) is 25.3. The number of furan rings is 1. The van der Waals surface area contributed by atoms with E-state index in [1.54, 1.807) is 48.7 Å². The first kappa shape index (κ1) is 20.7. The van der Waals surface area contributed by atoms with Crippen LogP contribution in [0.3, 0.4) is 0 Å². The van der Waals surface area contributed by atoms with Crippen molar-refractivity contribution in [3.8, 4) is 28.7 Å². The van der Waals surface area contributed by atoms with Crippen molar-refractivity contribution in [3.05, 3.63) is 70.9 Å². The predicted octanol–water partition coefficient (Wildman–Crippen LogP) is 4.36. The van der Waals surface area contributed by atoms with E-state index in [9.17, 15) is 9.59 Å². The standard InChI is InChI=1S/C25H20O8/c1-28-19-10-13(11-20(29-2)25(19)30-3)9-18-23(27)14-6-7-17-22(24(14)33-18)15(12-21(26)32-17)16-5-4-8-31-16/h4-11,15H,12H2,1-3H3/b18-9-/t15-/m1/s1. The van der Waals surface area contributed by atoms with Gasteiger partial charge in [0.15, 0.2) is 17.3 Å². The average molecular weight is 448 g/mol. The zero-order chi connectivity index (χ0) is 23.1. The van der Waals surface area contributed by atoms with Crippen LogP contribution < -0.4 is 23.7 Å². The molecule has 0 N–H and O–H groups in total. The molecule has 1 atom stereocenters. The summed E-state index contributed by atoms with van der Waals surface area (Å²) in [5, 5.41) is 0. The number of carbonyl (C=O) groups is 2. The number of ether oxygens (including phenoxy) is 5. The number of methoxy groups -OCH3 is 3. The number of carbonyl (C=O) groups excluding carboxylic acids is 2. The summed E-state index contributed by atoms with van der Waals surface area (Å²) in [5.41, 5.74) is 1.63. The molecule has 0 bridgehead atoms. The second-order valence-corrected chi connectivity index (χ2v) is 7.50. The Morgan fingerprint density at radius 2 is 1.73 bits per heavy atom. The van der Waals surface area contributed by atoms with Gasteiger partial charge in [-0.2, -0.15) is 0 Å². The molecule has 8 nitrogen and oxygen atoms in total. The van der Waals surface area contributed by atoms with Gasteiger partial charge in [-0.05, 0) is 48.0 Å². The molecule has 0 amide bonds. The summed E-state index contributed by atoms with van der Waals surface area (Å²) in [6, 6.07) is 10.2. The zero-order valence-corrected chi connectivity index (χ0v) is 18.2. The molecule has 33 heavy (non-hydrogen) atoms. The number of benzene rings is 2. The monoisotopic (exact) mass is 448 g/mol. The molecule has 0 spiro atoms. The number of fused-ring (bicyclic) bond motifs is 3. The highest BCUT2D eigenvalue weighted by Crippen LogP contribution is 2.49. The first-order valence-corrected chi connectivity index (χ1v) is 10.2. The van der Waals surface area contributed by atoms with Gasteiger partial charge in [0.1, 0.15) is 17.3 Å². The van der Waals surface area contributed by atoms with Gasteiger partial charge in [-0.3, -0.25) is 9.59 Å². The summed E-state index contributed by atoms with van der Waals surface area (Å²) in [7, 11) is 4.55. The summed E-state index contributed by atoms with van der Waals surface area (Å²) in [6.07, 6.45) is 3.23. The Balaban J connectivity index is 1.59. The first-order chi connectivity index (χ1) is 16.0. The van der Waals surface area contributed by atoms with Crippen molar-refractivity contribution in [2.24, 2.45) is 0 Å². The second kappa shape index (κ2) is 8.05. The van der Waals surface area contributed by atoms with Crippen molar-refractivity contribution in [2.75, 3.05) is 21.3 Å². The number of ketones is 1. The third-order valence-electron chi connectivity index (χ3n) is 5.65. The summed E-state index contributed by atoms with van der Waals surface area (Å²) < 4.78 is 33.2. The van der Waals surface area contributed by atoms with Gasteiger partial charge in [-0.15, -0.1) is 0 Å². The van der Waals surface area contributed by atoms with Crippen LogP contribution in [0.2, 0.25) is 0 Å². The second-order valence-electron chi connectivity index (χ2n) is 7.50. The summed E-state index contributed by atoms with van der Waals surface area (Å²) in [5.74, 6) is 1.72. The van der Waals surface area contributed by atoms with Crippen LogP contribution in [0, 0.1) is 0 Å². The maximum absolute atomic E-state index is 13.2. The average Bonchev–Trinajstić information content (AvgIpc) is 3.46. The molecule has 2 aromatic carbocycles. The van der Waals surface area contributed by atoms with Crippen LogP contribution in [0.4, 0.5) is 0 Å². The Kier molecular flexibility index (Phi) is 5.05. The van der Waals surface area contributed by atoms with E-state index in [0.717, 1.165) is 0 Å². The topological polar surface area (TPSA) is 93.4 Å². The number of Topliss-reactive ketones (excluding diaryl/α,β-unsaturated/α-hetero) is 1. The molecule has 0 aliphatic carbocycles. The Bertz CT molecular complexity index is 1260. The zero-order valence-electron chi connectivity index (χ0n) is 18.2. The Morgan fingerprint density at radius 3 is 2.36 bits per heavy atom. The van der Waals surface area contributed by atoms with E-state index in [1.165, 1.54) is 21.3 Å². The number of hydrogen-bond donors (Lipinski definition) is 0. The molecule has 0 fully saturated rings. The van der Waals surface area contributed by atoms with Crippen LogP contribution in [0.15, 0.2) is 52.8 Å². The number of hydrogen-bond acceptors (Lipinski definition) is 8. The van der Waals surface area contributed by atoms with Crippen molar-refractivity contribution >= 4 is 17.8 Å². The van der Waals surface area contributed by atoms with Crippen molar-refractivity contribution in [2.45, 2.75) is 12.3 Å². The third kappa shape index (κ3) is 3.40. The van der Waals surface area contributed by atoms with Gasteiger partial charge in [0.2, 0.25) is 11.5 Å². The van der Waals surface area contributed by atoms with E-state index in [1.807, 2.05) is 0 Å². The SMILES string of the molecule is COc1cc(/C=C2\Oc3c(ccc4c3[C@@H](c3ccco3)CC(=O)O4)C2=O)cc(OC)c1OC. The van der Waals surface area contributed by atoms with Crippen molar-refractivity contribution in [3.63, 3.8) is 0 Å². The van der Waals surface area contributed by atoms with E-state index < -0.39 is 5.92 Å². The maximum Gasteiger partial charge on any atom is 0.312 e. The minimum Gasteiger partial charge on any atom is -0.493 e. The van der Waals surface area contributed by atoms with Crippen molar-refractivity contribution in [1.29, 1.82) is 0 Å². The third-order valence-corrected chi connectivity index (χ3v) is 5.65. The van der Waals surface area contributed by atoms with E-state index in [0.29, 0.717) is 51.2 Å². The molecule has 3 heterocycles. The smallest absolute Gasteiger partial charge is 0.312 e. The number of esters is 1. The first-order valence-electron chi connectivity index (χ1n) is 10.2. The molecule has 0 radical (unpaired) electrons. The normalized spacial score (nSPS) is 17.8. The lowest BCUT2D eigenvalue weighted by molar-refractivity contribution is -0.135. The summed E-state index contributed by atoms with van der Waals surface area (Å²) >= 11 is 0. The van der Waals surface area contributed by atoms with Crippen LogP contribution in [-0.4, -0.2) is 33.1 Å². The Hall–Kier alpha value is -4.20. The highest BCUT2D eigenvalue weighted by atomic mass is 16.5. The molecular weight excluding hydrogens is 428 g/mol. The predicted molar refractivity (Wildman–Crippen MR) is 116 cm³/mol. The maximum atomic E-state index is 13.2. The fraction of sp³-hybridized carbons (Fsp3) is 0.200. The van der Waals surface area contributed by atoms with Gasteiger partial charge in [-0.25, -0.2) is 0 Å². The number of allylic oxidation sites excluding steroid dienone is 1. The minimum absolute atomic E-state index is 0.0838. The lowest BCUT2D eigenvalue weighted by Gasteiger charge is -2.24. The molecule has 168 valence electrons. The van der Waals surface area contributed by atoms with Gasteiger partial charge in [0, 0.05) is 5.56 Å². The van der Waals surface area contributed by atoms with E-state index in [2.05, 4.69) is 0 Å². The highest BCUT2D eigenvalue weighted by Gasteiger charge is 2.39. The van der Waals surface area contributed by atoms with E-state index in [4.69, 9.17) is 28.1 Å². The Labute approximate surface area is 189 Å². The van der Waals surface area contributed by atoms with Crippen LogP contribution in [0.25, 0.3) is 6.08 Å². The van der Waals surface area contributed by atoms with Crippen LogP contribution in [0.5, 0.6) is 28.7 Å². The molecule has 0 saturated heterocycles. The van der Waals surface area contributed by atoms with Gasteiger partial charge < -0.3 is 28.1 Å². The molecule has 1 aromatic heterocycles. The van der Waals surface area contributed by atoms with Gasteiger partial charge in [0.25, 0.3) is 0 Å². The van der Waals surface area contributed by atoms with E-state index in [-0.39, 0.29) is 23.9 Å². The van der Waals surface area contributed by atoms with Gasteiger partial charge in [0.05, 0.1) is 45.5 Å². The molecular formula is C25H20O8. The largest absolute Gasteiger partial charge is 0.493 e. The fourth-order valence-corrected chi connectivity index (χ4v) is 4.17. The lowest BCUT2D eigenvalue weighted by atomic mass is 9.88. The van der Waals surface area contributed by atoms with Crippen LogP contribution in [0.1, 0.15) is 39.6 Å². The molecule has 2 aliphatic heterocycles. The van der Waals surface area contributed by atoms with E-state index >= 15 is 0 Å². The molecule has 5 rings (SSSR count). The highest BCUT2D eigenvalue weighted by molar-refractivity contribution is 6.15. The molecule has 3 aromatic rings. The van der Waals surface area contributed by atoms with Gasteiger partial charge >= 0.3 is 5.97 Å². The van der Waals surface area contributed by atoms with Gasteiger partial charge in [-0.1, -0.05) is 0 Å². The molecule has 8 heteroatoms. The molecule has 2 aliphatic rings. The lowest BCUT2D eigenvalue weighted by Crippen LogP contribution is -2.21. The molecule has 0 unspecified atom stereocenters. The van der Waals surface area contributed by atoms with Crippen molar-refractivity contribution < 1.29 is 37.7 Å². The van der Waals surface area contributed by atoms with Crippen LogP contribution >= 0.6 is 0 Å².